The normalized spacial score (nSPS) is 42.0. The zero-order chi connectivity index (χ0) is 47.4. The van der Waals surface area contributed by atoms with Crippen LogP contribution in [0.4, 0.5) is 0 Å². The summed E-state index contributed by atoms with van der Waals surface area (Å²) < 4.78 is 43.5. The van der Waals surface area contributed by atoms with E-state index in [1.54, 1.807) is 21.0 Å². The van der Waals surface area contributed by atoms with Gasteiger partial charge in [0.1, 0.15) is 17.8 Å². The lowest BCUT2D eigenvalue weighted by atomic mass is 9.77. The van der Waals surface area contributed by atoms with Crippen molar-refractivity contribution in [1.29, 1.82) is 0 Å². The lowest BCUT2D eigenvalue weighted by Gasteiger charge is -2.47. The van der Waals surface area contributed by atoms with E-state index in [1.165, 1.54) is 6.92 Å². The molecule has 0 aromatic heterocycles. The van der Waals surface area contributed by atoms with E-state index in [1.807, 2.05) is 53.5 Å². The third-order valence-corrected chi connectivity index (χ3v) is 14.1. The Morgan fingerprint density at radius 1 is 0.937 bits per heavy atom. The first-order valence-electron chi connectivity index (χ1n) is 23.7. The number of likely N-dealkylation sites (N-methyl/N-ethyl adjacent to an activating group) is 1. The van der Waals surface area contributed by atoms with E-state index in [-0.39, 0.29) is 49.0 Å². The molecule has 16 atom stereocenters. The molecule has 63 heavy (non-hydrogen) atoms. The first kappa shape index (κ1) is 55.8. The van der Waals surface area contributed by atoms with Gasteiger partial charge in [-0.3, -0.25) is 9.59 Å². The van der Waals surface area contributed by atoms with E-state index in [0.717, 1.165) is 19.3 Å². The molecule has 16 nitrogen and oxygen atoms in total. The van der Waals surface area contributed by atoms with Crippen molar-refractivity contribution in [3.8, 4) is 0 Å². The maximum atomic E-state index is 14.2. The van der Waals surface area contributed by atoms with Crippen LogP contribution in [0.25, 0.3) is 0 Å². The van der Waals surface area contributed by atoms with Crippen molar-refractivity contribution in [3.63, 3.8) is 0 Å². The lowest BCUT2D eigenvalue weighted by molar-refractivity contribution is -0.292. The minimum Gasteiger partial charge on any atom is -0.459 e. The lowest BCUT2D eigenvalue weighted by Crippen LogP contribution is -2.59. The number of hydrogen-bond donors (Lipinski definition) is 5. The zero-order valence-corrected chi connectivity index (χ0v) is 41.3. The highest BCUT2D eigenvalue weighted by atomic mass is 16.7. The number of carbonyl (C=O) groups is 2. The highest BCUT2D eigenvalue weighted by molar-refractivity contribution is 5.78. The summed E-state index contributed by atoms with van der Waals surface area (Å²) in [5.41, 5.74) is -3.62. The largest absolute Gasteiger partial charge is 0.459 e. The molecule has 5 N–H and O–H groups in total. The van der Waals surface area contributed by atoms with E-state index in [4.69, 9.17) is 38.3 Å². The van der Waals surface area contributed by atoms with Gasteiger partial charge in [-0.1, -0.05) is 20.8 Å². The Morgan fingerprint density at radius 2 is 1.57 bits per heavy atom. The second-order valence-corrected chi connectivity index (χ2v) is 20.3. The van der Waals surface area contributed by atoms with Gasteiger partial charge in [0.2, 0.25) is 5.91 Å². The second kappa shape index (κ2) is 25.0. The first-order valence-corrected chi connectivity index (χ1v) is 23.7. The van der Waals surface area contributed by atoms with Crippen molar-refractivity contribution in [2.24, 2.45) is 23.7 Å². The van der Waals surface area contributed by atoms with Crippen LogP contribution >= 0.6 is 0 Å². The Hall–Kier alpha value is -1.54. The van der Waals surface area contributed by atoms with Crippen molar-refractivity contribution in [2.75, 3.05) is 61.2 Å². The van der Waals surface area contributed by atoms with Crippen molar-refractivity contribution in [3.05, 3.63) is 0 Å². The standard InChI is InChI=1S/C38H72N2O10.C9H17NO3/c1-15-29-38(10,44)33(41)27(7)40(13)21-22(2)18-37(9,43)34(50-30-17-28(39(11)12)16-23(3)46-30)25(5)32(26(6)35(42)48-29)49-31-20-36(8,45-14)19-24(4)47-31;11-5-1-4-10-9(12)8-2-6-13-7-3-8/h22-34,41,43-44H,15-21H2,1-14H3;8,11H,1-7H2,(H,10,12)/t22-,23?,24?,25+,26?,27?,28?,29-,30?,31+,32+,33?,34-,36?,37?,38?;/m1./s1. The molecule has 4 rings (SSSR count). The predicted molar refractivity (Wildman–Crippen MR) is 240 cm³/mol. The average Bonchev–Trinajstić information content (AvgIpc) is 3.22. The molecule has 4 heterocycles. The number of hydrogen-bond acceptors (Lipinski definition) is 15. The molecule has 4 saturated heterocycles. The molecule has 4 fully saturated rings. The molecule has 0 radical (unpaired) electrons. The monoisotopic (exact) mass is 904 g/mol. The van der Waals surface area contributed by atoms with Gasteiger partial charge >= 0.3 is 5.97 Å². The molecule has 0 aromatic rings. The van der Waals surface area contributed by atoms with Crippen LogP contribution in [-0.4, -0.2) is 181 Å². The Labute approximate surface area is 379 Å². The summed E-state index contributed by atoms with van der Waals surface area (Å²) >= 11 is 0. The number of aliphatic hydroxyl groups excluding tert-OH is 2. The smallest absolute Gasteiger partial charge is 0.311 e. The van der Waals surface area contributed by atoms with E-state index in [0.29, 0.717) is 58.4 Å². The number of methoxy groups -OCH3 is 1. The molecule has 370 valence electrons. The van der Waals surface area contributed by atoms with Gasteiger partial charge in [0.05, 0.1) is 41.5 Å². The third kappa shape index (κ3) is 16.1. The molecule has 10 unspecified atom stereocenters. The summed E-state index contributed by atoms with van der Waals surface area (Å²) in [4.78, 5) is 29.8. The molecule has 0 bridgehead atoms. The Bertz CT molecular complexity index is 1370. The maximum Gasteiger partial charge on any atom is 0.311 e. The summed E-state index contributed by atoms with van der Waals surface area (Å²) in [6.45, 7) is 21.4. The van der Waals surface area contributed by atoms with Crippen molar-refractivity contribution in [1.82, 2.24) is 15.1 Å². The number of nitrogens with zero attached hydrogens (tertiary/aromatic N) is 2. The van der Waals surface area contributed by atoms with E-state index in [9.17, 15) is 24.9 Å². The van der Waals surface area contributed by atoms with Gasteiger partial charge < -0.3 is 68.7 Å². The number of cyclic esters (lactones) is 1. The number of ether oxygens (including phenoxy) is 7. The van der Waals surface area contributed by atoms with Crippen LogP contribution in [0.3, 0.4) is 0 Å². The second-order valence-electron chi connectivity index (χ2n) is 20.3. The van der Waals surface area contributed by atoms with Crippen LogP contribution in [0, 0.1) is 23.7 Å². The minimum absolute atomic E-state index is 0.0414. The van der Waals surface area contributed by atoms with Crippen molar-refractivity contribution >= 4 is 11.9 Å². The number of amides is 1. The van der Waals surface area contributed by atoms with Crippen LogP contribution in [0.5, 0.6) is 0 Å². The maximum absolute atomic E-state index is 14.2. The molecule has 0 spiro atoms. The highest BCUT2D eigenvalue weighted by Gasteiger charge is 2.50. The van der Waals surface area contributed by atoms with Crippen LogP contribution < -0.4 is 5.32 Å². The highest BCUT2D eigenvalue weighted by Crippen LogP contribution is 2.40. The van der Waals surface area contributed by atoms with Crippen LogP contribution in [0.1, 0.15) is 127 Å². The van der Waals surface area contributed by atoms with Gasteiger partial charge in [-0.2, -0.15) is 0 Å². The van der Waals surface area contributed by atoms with Gasteiger partial charge in [-0.25, -0.2) is 0 Å². The Kier molecular flexibility index (Phi) is 22.1. The van der Waals surface area contributed by atoms with Gasteiger partial charge in [0, 0.05) is 83.2 Å². The fourth-order valence-corrected chi connectivity index (χ4v) is 10.1. The average molecular weight is 904 g/mol. The van der Waals surface area contributed by atoms with Crippen molar-refractivity contribution < 1.29 is 63.2 Å². The van der Waals surface area contributed by atoms with Gasteiger partial charge in [-0.05, 0) is 114 Å². The van der Waals surface area contributed by atoms with Crippen LogP contribution in [0.15, 0.2) is 0 Å². The summed E-state index contributed by atoms with van der Waals surface area (Å²) in [6.07, 6.45) is 0.168. The van der Waals surface area contributed by atoms with Crippen LogP contribution in [-0.2, 0) is 42.7 Å². The number of rotatable bonds is 11. The van der Waals surface area contributed by atoms with Crippen molar-refractivity contribution in [2.45, 2.75) is 205 Å². The van der Waals surface area contributed by atoms with Crippen LogP contribution in [0.2, 0.25) is 0 Å². The molecule has 4 aliphatic rings. The molecular formula is C47H89N3O13. The molecule has 1 amide bonds. The first-order chi connectivity index (χ1) is 29.4. The minimum atomic E-state index is -1.74. The molecule has 0 aromatic carbocycles. The predicted octanol–water partition coefficient (Wildman–Crippen LogP) is 3.87. The summed E-state index contributed by atoms with van der Waals surface area (Å²) in [7, 11) is 7.67. The Balaban J connectivity index is 0.000000692. The fourth-order valence-electron chi connectivity index (χ4n) is 10.1. The topological polar surface area (TPSA) is 198 Å². The molecule has 4 aliphatic heterocycles. The molecule has 0 aliphatic carbocycles. The van der Waals surface area contributed by atoms with Gasteiger partial charge in [0.25, 0.3) is 0 Å². The van der Waals surface area contributed by atoms with Gasteiger partial charge in [0.15, 0.2) is 12.6 Å². The SMILES string of the molecule is CC[C@H]1OC(=O)C(C)[C@@H](O[C@H]2CC(C)(OC)CC(C)O2)[C@H](C)[C@@H](OC2CC(N(C)C)CC(C)O2)C(C)(O)C[C@@H](C)CN(C)C(C)C(O)C1(C)O.O=C(NCCCO)C1CCOCC1. The molecule has 16 heteroatoms. The number of nitrogens with one attached hydrogen (secondary N) is 1. The molecule has 0 saturated carbocycles. The van der Waals surface area contributed by atoms with E-state index < -0.39 is 77.6 Å². The summed E-state index contributed by atoms with van der Waals surface area (Å²) in [5.74, 6) is -1.82. The Morgan fingerprint density at radius 3 is 2.16 bits per heavy atom. The summed E-state index contributed by atoms with van der Waals surface area (Å²) in [6, 6.07) is -0.245. The summed E-state index contributed by atoms with van der Waals surface area (Å²) in [5, 5.41) is 47.0. The van der Waals surface area contributed by atoms with Gasteiger partial charge in [-0.15, -0.1) is 0 Å². The molecular weight excluding hydrogens is 815 g/mol. The number of aliphatic hydroxyl groups is 4. The number of carbonyl (C=O) groups excluding carboxylic acids is 2. The fraction of sp³-hybridized carbons (Fsp3) is 0.957. The zero-order valence-electron chi connectivity index (χ0n) is 41.3. The van der Waals surface area contributed by atoms with E-state index >= 15 is 0 Å². The third-order valence-electron chi connectivity index (χ3n) is 14.1. The number of esters is 1. The van der Waals surface area contributed by atoms with E-state index in [2.05, 4.69) is 31.2 Å². The quantitative estimate of drug-likeness (QED) is 0.148.